The van der Waals surface area contributed by atoms with Crippen molar-refractivity contribution in [3.8, 4) is 0 Å². The Morgan fingerprint density at radius 3 is 1.42 bits per heavy atom. The van der Waals surface area contributed by atoms with E-state index in [0.717, 1.165) is 22.3 Å². The summed E-state index contributed by atoms with van der Waals surface area (Å²) >= 11 is 0. The largest absolute Gasteiger partial charge is 0.480 e. The van der Waals surface area contributed by atoms with Gasteiger partial charge in [0.1, 0.15) is 23.2 Å². The van der Waals surface area contributed by atoms with Crippen LogP contribution in [0.4, 0.5) is 0 Å². The number of amidine groups is 1. The maximum Gasteiger partial charge on any atom is 0.326 e. The average molecular weight is 934 g/mol. The summed E-state index contributed by atoms with van der Waals surface area (Å²) in [5, 5.41) is 24.9. The van der Waals surface area contributed by atoms with Crippen LogP contribution in [0.3, 0.4) is 0 Å². The van der Waals surface area contributed by atoms with Crippen molar-refractivity contribution in [1.29, 1.82) is 0 Å². The first-order chi connectivity index (χ1) is 33.3. The van der Waals surface area contributed by atoms with E-state index >= 15 is 0 Å². The molecular formula is C52H55N9O8. The number of aromatic nitrogens is 2. The molecule has 2 amide bonds. The summed E-state index contributed by atoms with van der Waals surface area (Å²) in [4.78, 5) is 87.7. The number of carboxylic acids is 2. The van der Waals surface area contributed by atoms with Crippen LogP contribution in [0.5, 0.6) is 0 Å². The fourth-order valence-electron chi connectivity index (χ4n) is 8.02. The van der Waals surface area contributed by atoms with Gasteiger partial charge in [-0.2, -0.15) is 0 Å². The number of guanidine groups is 1. The summed E-state index contributed by atoms with van der Waals surface area (Å²) in [7, 11) is 0. The van der Waals surface area contributed by atoms with E-state index < -0.39 is 59.0 Å². The van der Waals surface area contributed by atoms with Crippen LogP contribution in [-0.2, 0) is 16.0 Å². The van der Waals surface area contributed by atoms with Crippen LogP contribution in [0.2, 0.25) is 0 Å². The predicted molar refractivity (Wildman–Crippen MR) is 263 cm³/mol. The first kappa shape index (κ1) is 49.8. The number of aliphatic imine (C=N–C) groups is 2. The number of rotatable bonds is 23. The van der Waals surface area contributed by atoms with E-state index in [1.165, 1.54) is 21.3 Å². The van der Waals surface area contributed by atoms with Gasteiger partial charge >= 0.3 is 11.9 Å². The Bertz CT molecular complexity index is 2860. The fourth-order valence-corrected chi connectivity index (χ4v) is 8.02. The number of hydrogen-bond acceptors (Lipinski definition) is 8. The van der Waals surface area contributed by atoms with Crippen LogP contribution in [0.15, 0.2) is 171 Å². The van der Waals surface area contributed by atoms with Gasteiger partial charge in [0.25, 0.3) is 22.9 Å². The fraction of sp³-hybridized carbons (Fsp3) is 0.231. The van der Waals surface area contributed by atoms with Crippen molar-refractivity contribution in [1.82, 2.24) is 19.8 Å². The molecule has 0 saturated heterocycles. The number of nitrogens with one attached hydrogen (secondary N) is 2. The molecule has 10 N–H and O–H groups in total. The number of carbonyl (C=O) groups excluding carboxylic acids is 2. The normalized spacial score (nSPS) is 12.6. The van der Waals surface area contributed by atoms with Crippen LogP contribution in [0, 0.1) is 0 Å². The molecule has 3 atom stereocenters. The van der Waals surface area contributed by atoms with Gasteiger partial charge in [0, 0.05) is 31.9 Å². The van der Waals surface area contributed by atoms with Crippen LogP contribution in [0.1, 0.15) is 92.7 Å². The van der Waals surface area contributed by atoms with Gasteiger partial charge in [-0.3, -0.25) is 29.2 Å². The molecule has 0 aliphatic rings. The second-order valence-electron chi connectivity index (χ2n) is 16.3. The molecule has 0 fully saturated rings. The Balaban J connectivity index is 1.12. The van der Waals surface area contributed by atoms with Gasteiger partial charge in [0.05, 0.1) is 17.9 Å². The van der Waals surface area contributed by atoms with E-state index in [-0.39, 0.29) is 55.2 Å². The van der Waals surface area contributed by atoms with Crippen LogP contribution < -0.4 is 39.0 Å². The number of hydrogen-bond donors (Lipinski definition) is 7. The van der Waals surface area contributed by atoms with E-state index in [1.54, 1.807) is 24.5 Å². The maximum atomic E-state index is 14.1. The van der Waals surface area contributed by atoms with Crippen molar-refractivity contribution in [3.63, 3.8) is 0 Å². The standard InChI is InChI=1S/C52H55N9O8/c53-43(56-29-13-27-42(51(68)69)59-47(63)39-24-14-30-60(48(39)64)44(35-17-4-1-5-18-35)36-19-6-2-7-20-36)33-34-16-12-23-38(32-34)45(37-21-8-3-9-22-37)61-31-15-25-40(49(61)65)46(62)58-41(50(66)67)26-10-11-28-57-52(54)55/h1-9,12,14-25,30-32,41-42,44-45H,10-11,13,26-29,33H2,(H2,53,56)(H,58,62)(H,59,63)(H,66,67)(H,68,69)(H4,54,55,57)/t41-,42-,45?/m0/s1. The molecule has 6 rings (SSSR count). The molecule has 0 radical (unpaired) electrons. The second-order valence-corrected chi connectivity index (χ2v) is 16.3. The number of unbranched alkanes of at least 4 members (excludes halogenated alkanes) is 1. The molecule has 17 nitrogen and oxygen atoms in total. The summed E-state index contributed by atoms with van der Waals surface area (Å²) in [5.41, 5.74) is 19.3. The molecule has 2 heterocycles. The number of aliphatic carboxylic acids is 2. The molecule has 0 aliphatic carbocycles. The molecule has 69 heavy (non-hydrogen) atoms. The molecule has 4 aromatic carbocycles. The summed E-state index contributed by atoms with van der Waals surface area (Å²) in [6.07, 6.45) is 4.63. The highest BCUT2D eigenvalue weighted by molar-refractivity contribution is 5.97. The SMILES string of the molecule is NC(N)=NCCCC[C@H](NC(=O)c1cccn(C(c2ccccc2)c2cccc(CC(N)=NCCC[C@H](NC(=O)c3cccn(C(c4ccccc4)c4ccccc4)c3=O)C(=O)O)c2)c1=O)C(=O)O. The molecule has 0 bridgehead atoms. The Labute approximate surface area is 398 Å². The number of pyridine rings is 2. The topological polar surface area (TPSA) is 280 Å². The zero-order valence-corrected chi connectivity index (χ0v) is 37.8. The molecular weight excluding hydrogens is 879 g/mol. The number of carbonyl (C=O) groups is 4. The number of amides is 2. The number of benzene rings is 4. The van der Waals surface area contributed by atoms with E-state index in [0.29, 0.717) is 24.9 Å². The zero-order chi connectivity index (χ0) is 49.3. The molecule has 2 aromatic heterocycles. The average Bonchev–Trinajstić information content (AvgIpc) is 3.34. The zero-order valence-electron chi connectivity index (χ0n) is 37.8. The molecule has 1 unspecified atom stereocenters. The van der Waals surface area contributed by atoms with Gasteiger partial charge in [-0.1, -0.05) is 115 Å². The van der Waals surface area contributed by atoms with E-state index in [2.05, 4.69) is 20.6 Å². The van der Waals surface area contributed by atoms with Crippen molar-refractivity contribution >= 4 is 35.5 Å². The first-order valence-corrected chi connectivity index (χ1v) is 22.4. The molecule has 0 saturated carbocycles. The van der Waals surface area contributed by atoms with E-state index in [4.69, 9.17) is 17.2 Å². The minimum atomic E-state index is -1.31. The Hall–Kier alpha value is -8.60. The van der Waals surface area contributed by atoms with Crippen molar-refractivity contribution in [2.45, 2.75) is 62.7 Å². The lowest BCUT2D eigenvalue weighted by Crippen LogP contribution is -2.43. The summed E-state index contributed by atoms with van der Waals surface area (Å²) in [6, 6.07) is 37.4. The third kappa shape index (κ3) is 13.5. The van der Waals surface area contributed by atoms with E-state index in [9.17, 15) is 39.0 Å². The van der Waals surface area contributed by atoms with Gasteiger partial charge < -0.3 is 47.2 Å². The van der Waals surface area contributed by atoms with Crippen molar-refractivity contribution in [3.05, 3.63) is 212 Å². The minimum absolute atomic E-state index is 0.00722. The third-order valence-corrected chi connectivity index (χ3v) is 11.4. The third-order valence-electron chi connectivity index (χ3n) is 11.4. The number of carboxylic acid groups (broad SMARTS) is 2. The van der Waals surface area contributed by atoms with Gasteiger partial charge in [0.15, 0.2) is 5.96 Å². The van der Waals surface area contributed by atoms with Crippen molar-refractivity contribution in [2.24, 2.45) is 27.2 Å². The lowest BCUT2D eigenvalue weighted by atomic mass is 9.95. The molecule has 6 aromatic rings. The quantitative estimate of drug-likeness (QED) is 0.0267. The molecule has 17 heteroatoms. The van der Waals surface area contributed by atoms with Gasteiger partial charge in [0.2, 0.25) is 0 Å². The number of nitrogens with zero attached hydrogens (tertiary/aromatic N) is 4. The van der Waals surface area contributed by atoms with Crippen LogP contribution in [-0.4, -0.2) is 80.1 Å². The molecule has 0 spiro atoms. The lowest BCUT2D eigenvalue weighted by molar-refractivity contribution is -0.140. The summed E-state index contributed by atoms with van der Waals surface area (Å²) in [5.74, 6) is -3.97. The van der Waals surface area contributed by atoms with Gasteiger partial charge in [-0.25, -0.2) is 9.59 Å². The van der Waals surface area contributed by atoms with Crippen LogP contribution >= 0.6 is 0 Å². The Kier molecular flexibility index (Phi) is 17.5. The second kappa shape index (κ2) is 24.3. The van der Waals surface area contributed by atoms with Crippen molar-refractivity contribution < 1.29 is 29.4 Å². The Morgan fingerprint density at radius 1 is 0.522 bits per heavy atom. The highest BCUT2D eigenvalue weighted by atomic mass is 16.4. The smallest absolute Gasteiger partial charge is 0.326 e. The summed E-state index contributed by atoms with van der Waals surface area (Å²) in [6.45, 7) is 0.456. The summed E-state index contributed by atoms with van der Waals surface area (Å²) < 4.78 is 2.89. The van der Waals surface area contributed by atoms with Gasteiger partial charge in [-0.05, 0) is 84.2 Å². The monoisotopic (exact) mass is 933 g/mol. The minimum Gasteiger partial charge on any atom is -0.480 e. The lowest BCUT2D eigenvalue weighted by Gasteiger charge is -2.23. The molecule has 0 aliphatic heterocycles. The predicted octanol–water partition coefficient (Wildman–Crippen LogP) is 4.48. The van der Waals surface area contributed by atoms with Gasteiger partial charge in [-0.15, -0.1) is 0 Å². The van der Waals surface area contributed by atoms with Crippen molar-refractivity contribution in [2.75, 3.05) is 13.1 Å². The maximum absolute atomic E-state index is 14.1. The number of nitrogens with two attached hydrogens (primary N) is 3. The highest BCUT2D eigenvalue weighted by Crippen LogP contribution is 2.28. The first-order valence-electron chi connectivity index (χ1n) is 22.4. The molecule has 356 valence electrons. The van der Waals surface area contributed by atoms with E-state index in [1.807, 2.05) is 115 Å². The Morgan fingerprint density at radius 2 is 0.957 bits per heavy atom. The highest BCUT2D eigenvalue weighted by Gasteiger charge is 2.27. The van der Waals surface area contributed by atoms with Crippen LogP contribution in [0.25, 0.3) is 0 Å².